The number of imidazole rings is 1. The molecular weight excluding hydrogens is 1940 g/mol. The molecule has 1 aromatic carbocycles. The fraction of sp³-hybridized carbons (Fsp3) is 0.670. The van der Waals surface area contributed by atoms with Crippen LogP contribution in [0.2, 0.25) is 0 Å². The third-order valence-corrected chi connectivity index (χ3v) is 27.3. The maximum Gasteiger partial charge on any atom is 0.326 e. The first-order valence-corrected chi connectivity index (χ1v) is 51.0. The van der Waals surface area contributed by atoms with Crippen LogP contribution in [0.4, 0.5) is 0 Å². The number of phenols is 1. The summed E-state index contributed by atoms with van der Waals surface area (Å²) in [6.07, 6.45) is 5.83. The van der Waals surface area contributed by atoms with E-state index >= 15 is 14.4 Å². The number of carbonyl (C=O) groups excluding carboxylic acids is 17. The number of aliphatic hydroxyl groups excluding tert-OH is 2. The first-order valence-electron chi connectivity index (χ1n) is 51.0. The molecule has 6 aliphatic rings. The number of hydrogen-bond donors (Lipinski definition) is 26. The highest BCUT2D eigenvalue weighted by atomic mass is 16.4. The number of benzene rings is 1. The van der Waals surface area contributed by atoms with Gasteiger partial charge in [0.2, 0.25) is 100 Å². The van der Waals surface area contributed by atoms with E-state index in [0.717, 1.165) is 4.90 Å². The van der Waals surface area contributed by atoms with Crippen molar-refractivity contribution in [2.75, 3.05) is 91.8 Å². The average molecular weight is 2100 g/mol. The number of nitrogens with one attached hydrogen (secondary N) is 12. The maximum atomic E-state index is 15.2. The molecule has 149 heavy (non-hydrogen) atoms. The van der Waals surface area contributed by atoms with Gasteiger partial charge in [0.15, 0.2) is 23.8 Å². The summed E-state index contributed by atoms with van der Waals surface area (Å²) in [7, 11) is 0. The van der Waals surface area contributed by atoms with Gasteiger partial charge in [0, 0.05) is 84.5 Å². The number of phenolic OH excluding ortho intramolecular Hbond substituents is 1. The number of amides is 17. The lowest BCUT2D eigenvalue weighted by atomic mass is 9.96. The Hall–Kier alpha value is -14.4. The van der Waals surface area contributed by atoms with E-state index in [4.69, 9.17) is 57.3 Å². The summed E-state index contributed by atoms with van der Waals surface area (Å²) in [4.78, 5) is 291. The van der Waals surface area contributed by atoms with Gasteiger partial charge in [0.05, 0.1) is 31.8 Å². The van der Waals surface area contributed by atoms with Gasteiger partial charge in [-0.05, 0) is 184 Å². The first-order chi connectivity index (χ1) is 71.0. The topological polar surface area (TPSA) is 878 Å². The predicted octanol–water partition coefficient (Wildman–Crippen LogP) is -9.75. The van der Waals surface area contributed by atoms with Gasteiger partial charge in [-0.3, -0.25) is 101 Å². The SMILES string of the molecule is CC[C@H](C)[C@H](NC(=O)[C@@H]1CCCN1C(=O)[C@H](CCCN=C(N)N)NC(=O)[C@@H]1CCCN1C(=O)[C@H](Cc1c[nH]cn1)NC(=O)[C@H](CO)NC(=O)[C@@H]1CCCN1C(=O)[C@H](CCCN=C(N)N)NC(=O)[C@@H]1CCCN1C(=O)[C@H](CO)NC(=O)[C@H](Cc1ccc(O)cc1)NC(=O)[C@@H]1CCCN1C(=O)[C@H](CCCN=C(N)N)NC(=O)[C@@H]1CCCN1C(=O)[C@H](CCCCN)NC(=O)CN)C(=O)N[C@@H](CCCN=C(N)N)C(=O)N[C@H](C(=O)O)C(C)C. The molecule has 18 atom stereocenters. The number of nitrogens with zero attached hydrogens (tertiary/aromatic N) is 11. The zero-order chi connectivity index (χ0) is 109. The first kappa shape index (κ1) is 120. The molecule has 55 heteroatoms. The van der Waals surface area contributed by atoms with Gasteiger partial charge in [-0.1, -0.05) is 46.2 Å². The summed E-state index contributed by atoms with van der Waals surface area (Å²) in [6.45, 7) is 4.38. The number of guanidine groups is 4. The molecular formula is C94H153N33O22. The second-order valence-corrected chi connectivity index (χ2v) is 38.5. The van der Waals surface area contributed by atoms with Gasteiger partial charge in [0.1, 0.15) is 108 Å². The van der Waals surface area contributed by atoms with E-state index in [1.807, 2.05) is 0 Å². The molecule has 2 aromatic rings. The third kappa shape index (κ3) is 35.4. The molecule has 1 aromatic heterocycles. The molecule has 17 amide bonds. The van der Waals surface area contributed by atoms with Gasteiger partial charge < -0.3 is 171 Å². The minimum atomic E-state index is -1.82. The number of aliphatic carboxylic acids is 1. The summed E-state index contributed by atoms with van der Waals surface area (Å²) >= 11 is 0. The Labute approximate surface area is 863 Å². The van der Waals surface area contributed by atoms with Crippen molar-refractivity contribution in [2.45, 2.75) is 297 Å². The number of hydrogen-bond acceptors (Lipinski definition) is 28. The summed E-state index contributed by atoms with van der Waals surface area (Å²) in [5.41, 5.74) is 56.9. The van der Waals surface area contributed by atoms with Crippen LogP contribution in [-0.4, -0.2) is 384 Å². The Morgan fingerprint density at radius 2 is 0.705 bits per heavy atom. The highest BCUT2D eigenvalue weighted by molar-refractivity contribution is 6.03. The van der Waals surface area contributed by atoms with E-state index in [1.54, 1.807) is 27.7 Å². The molecule has 8 rings (SSSR count). The van der Waals surface area contributed by atoms with Crippen LogP contribution in [0.1, 0.15) is 193 Å². The van der Waals surface area contributed by atoms with Crippen molar-refractivity contribution in [3.63, 3.8) is 0 Å². The number of carboxylic acids is 1. The highest BCUT2D eigenvalue weighted by Crippen LogP contribution is 2.30. The van der Waals surface area contributed by atoms with Gasteiger partial charge in [0.25, 0.3) is 0 Å². The number of aromatic nitrogens is 2. The van der Waals surface area contributed by atoms with E-state index < -0.39 is 241 Å². The van der Waals surface area contributed by atoms with E-state index in [0.29, 0.717) is 44.2 Å². The summed E-state index contributed by atoms with van der Waals surface area (Å²) < 4.78 is 0. The number of aliphatic imine (C=N–C) groups is 4. The largest absolute Gasteiger partial charge is 0.508 e. The van der Waals surface area contributed by atoms with Crippen molar-refractivity contribution in [2.24, 2.45) is 89.1 Å². The summed E-state index contributed by atoms with van der Waals surface area (Å²) in [5.74, 6) is -17.3. The van der Waals surface area contributed by atoms with Crippen LogP contribution in [-0.2, 0) is 99.1 Å². The van der Waals surface area contributed by atoms with Crippen LogP contribution in [0.3, 0.4) is 0 Å². The van der Waals surface area contributed by atoms with E-state index in [1.165, 1.54) is 61.3 Å². The number of rotatable bonds is 58. The number of carbonyl (C=O) groups is 18. The molecule has 0 aliphatic carbocycles. The van der Waals surface area contributed by atoms with Gasteiger partial charge in [-0.25, -0.2) is 9.78 Å². The second kappa shape index (κ2) is 59.6. The second-order valence-electron chi connectivity index (χ2n) is 38.5. The average Bonchev–Trinajstić information content (AvgIpc) is 1.68. The Morgan fingerprint density at radius 3 is 1.05 bits per heavy atom. The Bertz CT molecular complexity index is 5030. The molecule has 0 radical (unpaired) electrons. The fourth-order valence-electron chi connectivity index (χ4n) is 19.2. The van der Waals surface area contributed by atoms with Crippen molar-refractivity contribution in [1.82, 2.24) is 97.9 Å². The minimum Gasteiger partial charge on any atom is -0.508 e. The van der Waals surface area contributed by atoms with E-state index in [-0.39, 0.29) is 236 Å². The van der Waals surface area contributed by atoms with Crippen molar-refractivity contribution < 1.29 is 107 Å². The molecule has 826 valence electrons. The molecule has 0 saturated carbocycles. The number of aromatic hydroxyl groups is 1. The van der Waals surface area contributed by atoms with E-state index in [9.17, 15) is 92.3 Å². The van der Waals surface area contributed by atoms with Crippen LogP contribution < -0.4 is 116 Å². The maximum absolute atomic E-state index is 15.2. The number of likely N-dealkylation sites (tertiary alicyclic amines) is 6. The molecule has 0 bridgehead atoms. The number of aliphatic hydroxyl groups is 2. The van der Waals surface area contributed by atoms with Crippen LogP contribution in [0.25, 0.3) is 0 Å². The van der Waals surface area contributed by atoms with Crippen LogP contribution in [0.15, 0.2) is 56.8 Å². The monoisotopic (exact) mass is 2100 g/mol. The Balaban J connectivity index is 0.940. The standard InChI is InChI=1S/C94H153N33O22/c1-5-52(4)73(83(141)112-56(19-8-34-106-91(97)98)74(132)120-72(51(2)3)90(148)149)121-82(140)70-28-17-41-125(70)87(145)60(22-11-37-109-94(103)104)114-78(136)66-24-15-42-126(66)88(146)62(45-54-47-105-50-110-54)117-76(134)63(48-128)118-81(139)69-27-14-40-124(69)86(144)59(21-10-36-108-93(101)102)115-79(137)67-25-16-43-127(67)89(147)64(49-129)119-75(133)61(44-53-29-31-55(130)32-30-53)116-80(138)68-26-13-39-123(68)85(143)58(20-9-35-107-92(99)100)113-77(135)65-23-12-38-122(65)84(142)57(18-6-7-33-95)111-71(131)46-96/h29-32,47,50-52,56-70,72-73,128-130H,5-28,33-46,48-49,95-96H2,1-4H3,(H,105,110)(H,111,131)(H,112,141)(H,113,135)(H,114,136)(H,115,137)(H,116,138)(H,117,134)(H,118,139)(H,119,133)(H,120,132)(H,121,140)(H,148,149)(H4,97,98,106)(H4,99,100,107)(H4,101,102,108)(H4,103,104,109)/t52-,56-,57-,58-,59-,60-,61-,62-,63-,64-,65-,66-,67-,68-,69-,70-,72-,73-/m0/s1. The molecule has 6 saturated heterocycles. The van der Waals surface area contributed by atoms with Crippen LogP contribution >= 0.6 is 0 Å². The molecule has 7 heterocycles. The lowest BCUT2D eigenvalue weighted by Crippen LogP contribution is -2.61. The van der Waals surface area contributed by atoms with Crippen molar-refractivity contribution >= 4 is 130 Å². The quantitative estimate of drug-likeness (QED) is 0.0166. The molecule has 55 nitrogen and oxygen atoms in total. The number of nitrogens with two attached hydrogens (primary N) is 10. The third-order valence-electron chi connectivity index (χ3n) is 27.3. The molecule has 36 N–H and O–H groups in total. The predicted molar refractivity (Wildman–Crippen MR) is 541 cm³/mol. The molecule has 0 spiro atoms. The summed E-state index contributed by atoms with van der Waals surface area (Å²) in [5, 5.41) is 71.5. The minimum absolute atomic E-state index is 0.00586. The smallest absolute Gasteiger partial charge is 0.326 e. The van der Waals surface area contributed by atoms with Gasteiger partial charge in [-0.2, -0.15) is 0 Å². The number of unbranched alkanes of at least 4 members (excludes halogenated alkanes) is 1. The van der Waals surface area contributed by atoms with Crippen molar-refractivity contribution in [1.29, 1.82) is 0 Å². The summed E-state index contributed by atoms with van der Waals surface area (Å²) in [6, 6.07) is -17.9. The highest BCUT2D eigenvalue weighted by Gasteiger charge is 2.49. The van der Waals surface area contributed by atoms with Crippen LogP contribution in [0.5, 0.6) is 5.75 Å². The van der Waals surface area contributed by atoms with Gasteiger partial charge >= 0.3 is 5.97 Å². The number of carboxylic acid groups (broad SMARTS) is 1. The zero-order valence-corrected chi connectivity index (χ0v) is 85.0. The normalized spacial score (nSPS) is 19.8. The number of aromatic amines is 1. The Morgan fingerprint density at radius 1 is 0.383 bits per heavy atom. The fourth-order valence-corrected chi connectivity index (χ4v) is 19.2. The Kier molecular flexibility index (Phi) is 47.9. The molecule has 6 fully saturated rings. The van der Waals surface area contributed by atoms with Crippen LogP contribution in [0, 0.1) is 11.8 Å². The molecule has 6 aliphatic heterocycles. The van der Waals surface area contributed by atoms with Crippen molar-refractivity contribution in [3.8, 4) is 5.75 Å². The van der Waals surface area contributed by atoms with Crippen molar-refractivity contribution in [3.05, 3.63) is 48.0 Å². The lowest BCUT2D eigenvalue weighted by Gasteiger charge is -2.33. The lowest BCUT2D eigenvalue weighted by molar-refractivity contribution is -0.145. The molecule has 0 unspecified atom stereocenters. The van der Waals surface area contributed by atoms with E-state index in [2.05, 4.69) is 88.4 Å². The number of H-pyrrole nitrogens is 1. The zero-order valence-electron chi connectivity index (χ0n) is 85.0. The van der Waals surface area contributed by atoms with Gasteiger partial charge in [-0.15, -0.1) is 0 Å².